The number of Topliss-reactive ketones (excluding diaryl/α,β-unsaturated/α-hetero) is 1. The fourth-order valence-electron chi connectivity index (χ4n) is 3.88. The number of non-ortho nitro benzene ring substituents is 1. The number of nitro groups is 1. The van der Waals surface area contributed by atoms with E-state index >= 15 is 0 Å². The van der Waals surface area contributed by atoms with Crippen molar-refractivity contribution in [2.75, 3.05) is 0 Å². The molecule has 4 rings (SSSR count). The second-order valence-electron chi connectivity index (χ2n) is 8.62. The van der Waals surface area contributed by atoms with E-state index in [1.54, 1.807) is 57.2 Å². The van der Waals surface area contributed by atoms with Gasteiger partial charge in [0.2, 0.25) is 5.78 Å². The number of nitrogens with zero attached hydrogens (tertiary/aromatic N) is 1. The normalized spacial score (nSPS) is 17.3. The van der Waals surface area contributed by atoms with Crippen LogP contribution in [0.15, 0.2) is 60.7 Å². The zero-order chi connectivity index (χ0) is 23.3. The molecule has 0 aromatic heterocycles. The van der Waals surface area contributed by atoms with Crippen molar-refractivity contribution in [2.45, 2.75) is 31.9 Å². The summed E-state index contributed by atoms with van der Waals surface area (Å²) >= 11 is 0. The van der Waals surface area contributed by atoms with Crippen LogP contribution < -0.4 is 5.32 Å². The maximum atomic E-state index is 13.6. The molecule has 0 heterocycles. The summed E-state index contributed by atoms with van der Waals surface area (Å²) in [7, 11) is 0. The van der Waals surface area contributed by atoms with Gasteiger partial charge in [-0.3, -0.25) is 19.7 Å². The van der Waals surface area contributed by atoms with Gasteiger partial charge in [0.1, 0.15) is 0 Å². The molecule has 0 saturated carbocycles. The Kier molecular flexibility index (Phi) is 4.81. The summed E-state index contributed by atoms with van der Waals surface area (Å²) in [5.74, 6) is -2.46. The van der Waals surface area contributed by atoms with Crippen molar-refractivity contribution in [1.29, 1.82) is 0 Å². The molecule has 0 aliphatic heterocycles. The number of carbonyl (C=O) groups is 3. The number of ketones is 1. The highest BCUT2D eigenvalue weighted by Crippen LogP contribution is 2.44. The van der Waals surface area contributed by atoms with Crippen LogP contribution in [0.5, 0.6) is 0 Å². The van der Waals surface area contributed by atoms with E-state index in [2.05, 4.69) is 5.32 Å². The maximum absolute atomic E-state index is 13.6. The van der Waals surface area contributed by atoms with Gasteiger partial charge in [-0.25, -0.2) is 4.79 Å². The first kappa shape index (κ1) is 21.2. The first-order valence-corrected chi connectivity index (χ1v) is 9.92. The Labute approximate surface area is 183 Å². The van der Waals surface area contributed by atoms with Crippen LogP contribution in [-0.4, -0.2) is 28.1 Å². The summed E-state index contributed by atoms with van der Waals surface area (Å²) < 4.78 is 5.69. The van der Waals surface area contributed by atoms with Crippen LogP contribution in [0, 0.1) is 10.1 Å². The molecule has 0 saturated heterocycles. The van der Waals surface area contributed by atoms with Gasteiger partial charge in [0.05, 0.1) is 10.5 Å². The van der Waals surface area contributed by atoms with Crippen LogP contribution in [0.3, 0.4) is 0 Å². The fourth-order valence-corrected chi connectivity index (χ4v) is 3.88. The minimum absolute atomic E-state index is 0.141. The third-order valence-electron chi connectivity index (χ3n) is 5.20. The number of amides is 1. The Morgan fingerprint density at radius 2 is 1.69 bits per heavy atom. The molecule has 0 spiro atoms. The van der Waals surface area contributed by atoms with Gasteiger partial charge in [-0.1, -0.05) is 42.5 Å². The third-order valence-corrected chi connectivity index (χ3v) is 5.20. The number of ether oxygens (including phenoxy) is 1. The number of nitrogens with one attached hydrogen (secondary N) is 1. The van der Waals surface area contributed by atoms with E-state index in [4.69, 9.17) is 4.74 Å². The van der Waals surface area contributed by atoms with Crippen molar-refractivity contribution >= 4 is 34.1 Å². The van der Waals surface area contributed by atoms with Crippen LogP contribution in [0.4, 0.5) is 5.69 Å². The molecular formula is C24H20N2O6. The SMILES string of the molecule is CC(C)(C)NC(=O)C1(OC(=O)c2cccc([N+](=O)[O-])c2)C(=O)c2cccc3cccc1c23. The number of benzene rings is 3. The third kappa shape index (κ3) is 3.30. The highest BCUT2D eigenvalue weighted by molar-refractivity contribution is 6.29. The van der Waals surface area contributed by atoms with Crippen LogP contribution in [-0.2, 0) is 15.1 Å². The van der Waals surface area contributed by atoms with Crippen molar-refractivity contribution in [1.82, 2.24) is 5.32 Å². The first-order chi connectivity index (χ1) is 15.0. The average Bonchev–Trinajstić information content (AvgIpc) is 2.98. The summed E-state index contributed by atoms with van der Waals surface area (Å²) in [6.07, 6.45) is 0. The van der Waals surface area contributed by atoms with Crippen LogP contribution >= 0.6 is 0 Å². The maximum Gasteiger partial charge on any atom is 0.340 e. The molecule has 1 unspecified atom stereocenters. The largest absolute Gasteiger partial charge is 0.432 e. The summed E-state index contributed by atoms with van der Waals surface area (Å²) in [6.45, 7) is 5.23. The Bertz CT molecular complexity index is 1300. The lowest BCUT2D eigenvalue weighted by Gasteiger charge is -2.31. The van der Waals surface area contributed by atoms with E-state index in [0.717, 1.165) is 11.5 Å². The highest BCUT2D eigenvalue weighted by Gasteiger charge is 2.57. The number of esters is 1. The molecule has 8 heteroatoms. The van der Waals surface area contributed by atoms with Gasteiger partial charge in [0.25, 0.3) is 17.2 Å². The van der Waals surface area contributed by atoms with Gasteiger partial charge >= 0.3 is 5.97 Å². The molecule has 1 amide bonds. The fraction of sp³-hybridized carbons (Fsp3) is 0.208. The Balaban J connectivity index is 1.88. The zero-order valence-electron chi connectivity index (χ0n) is 17.7. The number of carbonyl (C=O) groups excluding carboxylic acids is 3. The van der Waals surface area contributed by atoms with Gasteiger partial charge in [0, 0.05) is 34.2 Å². The van der Waals surface area contributed by atoms with E-state index in [-0.39, 0.29) is 22.4 Å². The lowest BCUT2D eigenvalue weighted by atomic mass is 9.90. The van der Waals surface area contributed by atoms with E-state index < -0.39 is 33.7 Å². The predicted octanol–water partition coefficient (Wildman–Crippen LogP) is 3.91. The average molecular weight is 432 g/mol. The molecule has 3 aromatic carbocycles. The van der Waals surface area contributed by atoms with Gasteiger partial charge in [-0.05, 0) is 32.2 Å². The molecule has 162 valence electrons. The van der Waals surface area contributed by atoms with Gasteiger partial charge in [0.15, 0.2) is 0 Å². The molecule has 0 radical (unpaired) electrons. The van der Waals surface area contributed by atoms with Crippen molar-refractivity contribution in [3.8, 4) is 0 Å². The molecule has 0 bridgehead atoms. The van der Waals surface area contributed by atoms with Crippen molar-refractivity contribution in [3.63, 3.8) is 0 Å². The second-order valence-corrected chi connectivity index (χ2v) is 8.62. The summed E-state index contributed by atoms with van der Waals surface area (Å²) in [5, 5.41) is 15.1. The molecule has 3 aromatic rings. The monoisotopic (exact) mass is 432 g/mol. The molecule has 0 fully saturated rings. The van der Waals surface area contributed by atoms with Crippen molar-refractivity contribution in [2.24, 2.45) is 0 Å². The predicted molar refractivity (Wildman–Crippen MR) is 116 cm³/mol. The summed E-state index contributed by atoms with van der Waals surface area (Å²) in [4.78, 5) is 50.7. The molecule has 8 nitrogen and oxygen atoms in total. The lowest BCUT2D eigenvalue weighted by Crippen LogP contribution is -2.55. The first-order valence-electron chi connectivity index (χ1n) is 9.92. The highest BCUT2D eigenvalue weighted by atomic mass is 16.6. The number of nitro benzene ring substituents is 1. The zero-order valence-corrected chi connectivity index (χ0v) is 17.7. The quantitative estimate of drug-likeness (QED) is 0.289. The smallest absolute Gasteiger partial charge is 0.340 e. The summed E-state index contributed by atoms with van der Waals surface area (Å²) in [6, 6.07) is 15.1. The Morgan fingerprint density at radius 1 is 1.03 bits per heavy atom. The van der Waals surface area contributed by atoms with E-state index in [1.807, 2.05) is 0 Å². The number of hydrogen-bond donors (Lipinski definition) is 1. The van der Waals surface area contributed by atoms with Crippen molar-refractivity contribution in [3.05, 3.63) is 87.5 Å². The minimum Gasteiger partial charge on any atom is -0.432 e. The molecular weight excluding hydrogens is 412 g/mol. The molecule has 32 heavy (non-hydrogen) atoms. The number of hydrogen-bond acceptors (Lipinski definition) is 6. The van der Waals surface area contributed by atoms with Gasteiger partial charge < -0.3 is 10.1 Å². The van der Waals surface area contributed by atoms with Crippen LogP contribution in [0.25, 0.3) is 10.8 Å². The molecule has 1 aliphatic rings. The molecule has 1 aliphatic carbocycles. The number of rotatable bonds is 4. The standard InChI is InChI=1S/C24H20N2O6/c1-23(2,3)25-22(29)24(32-21(28)15-9-4-10-16(13-15)26(30)31)18-12-6-8-14-7-5-11-17(19(14)18)20(24)27/h4-13H,1-3H3,(H,25,29). The Morgan fingerprint density at radius 3 is 2.34 bits per heavy atom. The summed E-state index contributed by atoms with van der Waals surface area (Å²) in [5.41, 5.74) is -2.89. The van der Waals surface area contributed by atoms with Gasteiger partial charge in [-0.2, -0.15) is 0 Å². The van der Waals surface area contributed by atoms with E-state index in [9.17, 15) is 24.5 Å². The molecule has 1 N–H and O–H groups in total. The van der Waals surface area contributed by atoms with Crippen molar-refractivity contribution < 1.29 is 24.0 Å². The topological polar surface area (TPSA) is 116 Å². The van der Waals surface area contributed by atoms with Crippen LogP contribution in [0.1, 0.15) is 47.1 Å². The van der Waals surface area contributed by atoms with Gasteiger partial charge in [-0.15, -0.1) is 0 Å². The molecule has 1 atom stereocenters. The minimum atomic E-state index is -2.25. The van der Waals surface area contributed by atoms with E-state index in [1.165, 1.54) is 18.2 Å². The Hall–Kier alpha value is -4.07. The second kappa shape index (κ2) is 7.26. The van der Waals surface area contributed by atoms with Crippen LogP contribution in [0.2, 0.25) is 0 Å². The lowest BCUT2D eigenvalue weighted by molar-refractivity contribution is -0.384. The van der Waals surface area contributed by atoms with E-state index in [0.29, 0.717) is 5.39 Å².